The lowest BCUT2D eigenvalue weighted by molar-refractivity contribution is -0.116. The van der Waals surface area contributed by atoms with Gasteiger partial charge in [-0.2, -0.15) is 0 Å². The van der Waals surface area contributed by atoms with Crippen molar-refractivity contribution in [2.24, 2.45) is 5.92 Å². The molecule has 2 aromatic heterocycles. The van der Waals surface area contributed by atoms with Gasteiger partial charge in [0.1, 0.15) is 5.69 Å². The zero-order chi connectivity index (χ0) is 21.5. The summed E-state index contributed by atoms with van der Waals surface area (Å²) in [7, 11) is 0. The number of carbonyl (C=O) groups is 1. The number of aromatic amines is 1. The predicted octanol–water partition coefficient (Wildman–Crippen LogP) is 5.26. The highest BCUT2D eigenvalue weighted by Gasteiger charge is 2.10. The number of carbonyl (C=O) groups excluding carboxylic acids is 1. The summed E-state index contributed by atoms with van der Waals surface area (Å²) in [5.74, 6) is 0.446. The van der Waals surface area contributed by atoms with Gasteiger partial charge in [-0.15, -0.1) is 0 Å². The van der Waals surface area contributed by atoms with Crippen molar-refractivity contribution in [1.29, 1.82) is 0 Å². The lowest BCUT2D eigenvalue weighted by atomic mass is 10.0. The second-order valence-electron chi connectivity index (χ2n) is 8.14. The van der Waals surface area contributed by atoms with Crippen molar-refractivity contribution < 1.29 is 4.79 Å². The highest BCUT2D eigenvalue weighted by atomic mass is 16.2. The van der Waals surface area contributed by atoms with E-state index >= 15 is 0 Å². The van der Waals surface area contributed by atoms with Crippen molar-refractivity contribution in [3.8, 4) is 0 Å². The number of nitrogens with zero attached hydrogens (tertiary/aromatic N) is 1. The fraction of sp³-hybridized carbons (Fsp3) is 0.360. The number of unbranched alkanes of at least 4 members (excludes halogenated alkanes) is 1. The maximum absolute atomic E-state index is 12.8. The van der Waals surface area contributed by atoms with Crippen LogP contribution in [0.4, 0.5) is 5.69 Å². The molecule has 0 saturated heterocycles. The van der Waals surface area contributed by atoms with Crippen molar-refractivity contribution in [3.05, 3.63) is 76.4 Å². The van der Waals surface area contributed by atoms with Crippen LogP contribution in [-0.4, -0.2) is 15.5 Å². The summed E-state index contributed by atoms with van der Waals surface area (Å²) in [6.07, 6.45) is 8.81. The predicted molar refractivity (Wildman–Crippen MR) is 124 cm³/mol. The molecular weight excluding hydrogens is 374 g/mol. The first-order valence-corrected chi connectivity index (χ1v) is 10.7. The first-order chi connectivity index (χ1) is 14.5. The van der Waals surface area contributed by atoms with Gasteiger partial charge in [-0.3, -0.25) is 9.59 Å². The van der Waals surface area contributed by atoms with E-state index in [0.29, 0.717) is 24.6 Å². The normalized spacial score (nSPS) is 11.6. The Hall–Kier alpha value is -3.08. The molecule has 0 aliphatic carbocycles. The molecule has 0 bridgehead atoms. The minimum atomic E-state index is -0.194. The van der Waals surface area contributed by atoms with E-state index in [1.165, 1.54) is 5.56 Å². The van der Waals surface area contributed by atoms with Crippen LogP contribution in [0.1, 0.15) is 51.3 Å². The standard InChI is InChI=1S/C25H31N3O2/c1-4-5-6-7-13-23(29)27-22-12-9-14-28(25(22)30)17-21-16-20-11-8-10-19(15-18(2)3)24(20)26-21/h4-5,8-12,14,16,18,26H,6-7,13,15,17H2,1-3H3,(H,27,29)/b5-4+. The van der Waals surface area contributed by atoms with Crippen LogP contribution in [0.5, 0.6) is 0 Å². The number of hydrogen-bond donors (Lipinski definition) is 2. The van der Waals surface area contributed by atoms with E-state index in [0.717, 1.165) is 35.9 Å². The van der Waals surface area contributed by atoms with Crippen molar-refractivity contribution in [3.63, 3.8) is 0 Å². The minimum absolute atomic E-state index is 0.127. The highest BCUT2D eigenvalue weighted by molar-refractivity contribution is 5.90. The molecule has 5 nitrogen and oxygen atoms in total. The molecule has 5 heteroatoms. The Morgan fingerprint density at radius 1 is 1.23 bits per heavy atom. The van der Waals surface area contributed by atoms with Crippen molar-refractivity contribution >= 4 is 22.5 Å². The van der Waals surface area contributed by atoms with E-state index in [9.17, 15) is 9.59 Å². The number of fused-ring (bicyclic) bond motifs is 1. The molecule has 30 heavy (non-hydrogen) atoms. The third-order valence-corrected chi connectivity index (χ3v) is 5.07. The Kier molecular flexibility index (Phi) is 7.28. The largest absolute Gasteiger partial charge is 0.357 e. The molecule has 0 fully saturated rings. The number of allylic oxidation sites excluding steroid dienone is 2. The van der Waals surface area contributed by atoms with Crippen LogP contribution in [0.15, 0.2) is 59.5 Å². The number of para-hydroxylation sites is 1. The van der Waals surface area contributed by atoms with Crippen molar-refractivity contribution in [1.82, 2.24) is 9.55 Å². The van der Waals surface area contributed by atoms with Gasteiger partial charge in [-0.1, -0.05) is 44.2 Å². The summed E-state index contributed by atoms with van der Waals surface area (Å²) < 4.78 is 1.63. The van der Waals surface area contributed by atoms with Crippen molar-refractivity contribution in [2.45, 2.75) is 53.0 Å². The van der Waals surface area contributed by atoms with Gasteiger partial charge in [0.25, 0.3) is 5.56 Å². The van der Waals surface area contributed by atoms with Crippen molar-refractivity contribution in [2.75, 3.05) is 5.32 Å². The molecule has 0 radical (unpaired) electrons. The van der Waals surface area contributed by atoms with E-state index in [2.05, 4.69) is 48.4 Å². The number of rotatable bonds is 9. The van der Waals surface area contributed by atoms with E-state index in [4.69, 9.17) is 0 Å². The van der Waals surface area contributed by atoms with Gasteiger partial charge < -0.3 is 14.9 Å². The van der Waals surface area contributed by atoms with Crippen LogP contribution in [0.3, 0.4) is 0 Å². The van der Waals surface area contributed by atoms with Gasteiger partial charge in [-0.05, 0) is 61.3 Å². The molecule has 2 N–H and O–H groups in total. The lowest BCUT2D eigenvalue weighted by Gasteiger charge is -2.09. The average Bonchev–Trinajstić information content (AvgIpc) is 3.12. The van der Waals surface area contributed by atoms with Crippen LogP contribution in [-0.2, 0) is 17.8 Å². The zero-order valence-corrected chi connectivity index (χ0v) is 18.1. The van der Waals surface area contributed by atoms with E-state index in [1.54, 1.807) is 22.9 Å². The molecule has 0 unspecified atom stereocenters. The van der Waals surface area contributed by atoms with Gasteiger partial charge in [-0.25, -0.2) is 0 Å². The third-order valence-electron chi connectivity index (χ3n) is 5.07. The molecule has 0 aliphatic rings. The number of nitrogens with one attached hydrogen (secondary N) is 2. The summed E-state index contributed by atoms with van der Waals surface area (Å²) in [4.78, 5) is 28.5. The average molecular weight is 406 g/mol. The second-order valence-corrected chi connectivity index (χ2v) is 8.14. The van der Waals surface area contributed by atoms with Crippen LogP contribution < -0.4 is 10.9 Å². The smallest absolute Gasteiger partial charge is 0.274 e. The second kappa shape index (κ2) is 10.1. The molecule has 1 aromatic carbocycles. The first kappa shape index (κ1) is 21.6. The fourth-order valence-electron chi connectivity index (χ4n) is 3.67. The molecule has 0 spiro atoms. The number of amides is 1. The number of H-pyrrole nitrogens is 1. The van der Waals surface area contributed by atoms with Crippen LogP contribution in [0.2, 0.25) is 0 Å². The number of aromatic nitrogens is 2. The van der Waals surface area contributed by atoms with Crippen LogP contribution in [0.25, 0.3) is 10.9 Å². The van der Waals surface area contributed by atoms with Crippen LogP contribution >= 0.6 is 0 Å². The summed E-state index contributed by atoms with van der Waals surface area (Å²) >= 11 is 0. The topological polar surface area (TPSA) is 66.9 Å². The Bertz CT molecular complexity index is 1090. The Labute approximate surface area is 177 Å². The van der Waals surface area contributed by atoms with E-state index in [1.807, 2.05) is 19.1 Å². The van der Waals surface area contributed by atoms with Gasteiger partial charge in [0.15, 0.2) is 0 Å². The molecule has 0 aliphatic heterocycles. The first-order valence-electron chi connectivity index (χ1n) is 10.7. The fourth-order valence-corrected chi connectivity index (χ4v) is 3.67. The summed E-state index contributed by atoms with van der Waals surface area (Å²) in [6, 6.07) is 11.9. The van der Waals surface area contributed by atoms with Gasteiger partial charge in [0, 0.05) is 23.8 Å². The molecule has 158 valence electrons. The summed E-state index contributed by atoms with van der Waals surface area (Å²) in [5.41, 5.74) is 3.53. The zero-order valence-electron chi connectivity index (χ0n) is 18.1. The van der Waals surface area contributed by atoms with Gasteiger partial charge in [0.2, 0.25) is 5.91 Å². The lowest BCUT2D eigenvalue weighted by Crippen LogP contribution is -2.25. The molecule has 1 amide bonds. The van der Waals surface area contributed by atoms with Gasteiger partial charge >= 0.3 is 0 Å². The van der Waals surface area contributed by atoms with Gasteiger partial charge in [0.05, 0.1) is 6.54 Å². The number of anilines is 1. The number of hydrogen-bond acceptors (Lipinski definition) is 2. The molecule has 3 aromatic rings. The quantitative estimate of drug-likeness (QED) is 0.377. The Morgan fingerprint density at radius 2 is 2.07 bits per heavy atom. The maximum atomic E-state index is 12.8. The highest BCUT2D eigenvalue weighted by Crippen LogP contribution is 2.22. The van der Waals surface area contributed by atoms with Crippen LogP contribution in [0, 0.1) is 5.92 Å². The van der Waals surface area contributed by atoms with E-state index < -0.39 is 0 Å². The maximum Gasteiger partial charge on any atom is 0.274 e. The minimum Gasteiger partial charge on any atom is -0.357 e. The Morgan fingerprint density at radius 3 is 2.83 bits per heavy atom. The Balaban J connectivity index is 1.75. The molecule has 3 rings (SSSR count). The molecule has 0 atom stereocenters. The third kappa shape index (κ3) is 5.50. The molecule has 0 saturated carbocycles. The number of pyridine rings is 1. The molecule has 2 heterocycles. The van der Waals surface area contributed by atoms with E-state index in [-0.39, 0.29) is 11.5 Å². The monoisotopic (exact) mass is 405 g/mol. The summed E-state index contributed by atoms with van der Waals surface area (Å²) in [5, 5.41) is 3.92. The molecular formula is C25H31N3O2. The SMILES string of the molecule is C/C=C/CCCC(=O)Nc1cccn(Cc2cc3cccc(CC(C)C)c3[nH]2)c1=O. The number of benzene rings is 1. The summed E-state index contributed by atoms with van der Waals surface area (Å²) in [6.45, 7) is 6.81.